The molecule has 1 aliphatic heterocycles. The number of ether oxygens (including phenoxy) is 1. The van der Waals surface area contributed by atoms with Crippen LogP contribution in [-0.4, -0.2) is 43.6 Å². The largest absolute Gasteiger partial charge is 0.457 e. The second-order valence-electron chi connectivity index (χ2n) is 8.21. The van der Waals surface area contributed by atoms with Crippen molar-refractivity contribution in [1.82, 2.24) is 24.6 Å². The topological polar surface area (TPSA) is 99.2 Å². The Balaban J connectivity index is 1.48. The number of benzene rings is 2. The molecule has 1 saturated heterocycles. The highest BCUT2D eigenvalue weighted by molar-refractivity contribution is 5.98. The normalized spacial score (nSPS) is 15.7. The van der Waals surface area contributed by atoms with Crippen molar-refractivity contribution >= 4 is 22.8 Å². The van der Waals surface area contributed by atoms with E-state index in [4.69, 9.17) is 22.0 Å². The Labute approximate surface area is 197 Å². The first-order valence-corrected chi connectivity index (χ1v) is 11.2. The quantitative estimate of drug-likeness (QED) is 0.459. The lowest BCUT2D eigenvalue weighted by molar-refractivity contribution is -0.131. The Morgan fingerprint density at radius 1 is 1.12 bits per heavy atom. The predicted octanol–water partition coefficient (Wildman–Crippen LogP) is 4.05. The number of hydrogen-bond acceptors (Lipinski definition) is 6. The number of fused-ring (bicyclic) bond motifs is 1. The van der Waals surface area contributed by atoms with Gasteiger partial charge in [0.15, 0.2) is 5.65 Å². The number of amides is 1. The number of aromatic nitrogens is 4. The molecule has 1 aliphatic rings. The van der Waals surface area contributed by atoms with Crippen molar-refractivity contribution in [2.24, 2.45) is 0 Å². The van der Waals surface area contributed by atoms with Crippen LogP contribution in [0.15, 0.2) is 60.9 Å². The van der Waals surface area contributed by atoms with Gasteiger partial charge in [0.2, 0.25) is 5.91 Å². The number of likely N-dealkylation sites (tertiary alicyclic amines) is 1. The summed E-state index contributed by atoms with van der Waals surface area (Å²) in [5, 5.41) is 5.61. The van der Waals surface area contributed by atoms with Gasteiger partial charge in [-0.25, -0.2) is 14.6 Å². The SMILES string of the molecule is C#CCC(=O)N1CCCC(n2nc(-c3ccc(Oc4ccccc4)cc3)c3c(N)ncnc32)C1. The molecule has 0 saturated carbocycles. The molecule has 170 valence electrons. The molecule has 4 aromatic rings. The third-order valence-electron chi connectivity index (χ3n) is 5.97. The molecule has 3 heterocycles. The van der Waals surface area contributed by atoms with E-state index in [9.17, 15) is 4.79 Å². The highest BCUT2D eigenvalue weighted by atomic mass is 16.5. The minimum absolute atomic E-state index is 0.0262. The van der Waals surface area contributed by atoms with Gasteiger partial charge in [-0.2, -0.15) is 5.10 Å². The van der Waals surface area contributed by atoms with Gasteiger partial charge in [-0.15, -0.1) is 6.42 Å². The third-order valence-corrected chi connectivity index (χ3v) is 5.97. The van der Waals surface area contributed by atoms with Gasteiger partial charge >= 0.3 is 0 Å². The minimum Gasteiger partial charge on any atom is -0.457 e. The van der Waals surface area contributed by atoms with Crippen LogP contribution >= 0.6 is 0 Å². The number of nitrogens with zero attached hydrogens (tertiary/aromatic N) is 5. The van der Waals surface area contributed by atoms with Crippen molar-refractivity contribution < 1.29 is 9.53 Å². The number of para-hydroxylation sites is 1. The maximum Gasteiger partial charge on any atom is 0.234 e. The van der Waals surface area contributed by atoms with E-state index in [0.29, 0.717) is 35.6 Å². The molecule has 1 amide bonds. The number of nitrogen functional groups attached to an aromatic ring is 1. The fraction of sp³-hybridized carbons (Fsp3) is 0.231. The molecule has 0 spiro atoms. The summed E-state index contributed by atoms with van der Waals surface area (Å²) in [6.45, 7) is 1.23. The van der Waals surface area contributed by atoms with Gasteiger partial charge in [-0.3, -0.25) is 4.79 Å². The van der Waals surface area contributed by atoms with Crippen molar-refractivity contribution in [3.8, 4) is 35.1 Å². The summed E-state index contributed by atoms with van der Waals surface area (Å²) in [6, 6.07) is 17.3. The number of terminal acetylenes is 1. The first-order chi connectivity index (χ1) is 16.6. The molecular formula is C26H24N6O2. The van der Waals surface area contributed by atoms with Gasteiger partial charge in [-0.1, -0.05) is 24.1 Å². The standard InChI is InChI=1S/C26H24N6O2/c1-2-7-22(33)31-15-6-8-19(16-31)32-26-23(25(27)28-17-29-26)24(30-32)18-11-13-21(14-12-18)34-20-9-4-3-5-10-20/h1,3-5,9-14,17,19H,6-8,15-16H2,(H2,27,28,29). The Morgan fingerprint density at radius 2 is 1.88 bits per heavy atom. The number of piperidine rings is 1. The van der Waals surface area contributed by atoms with Crippen LogP contribution in [0, 0.1) is 12.3 Å². The average molecular weight is 453 g/mol. The fourth-order valence-electron chi connectivity index (χ4n) is 4.34. The van der Waals surface area contributed by atoms with E-state index in [2.05, 4.69) is 15.9 Å². The first kappa shape index (κ1) is 21.5. The van der Waals surface area contributed by atoms with Crippen LogP contribution in [0.25, 0.3) is 22.3 Å². The van der Waals surface area contributed by atoms with Gasteiger partial charge in [0.25, 0.3) is 0 Å². The summed E-state index contributed by atoms with van der Waals surface area (Å²) in [4.78, 5) is 22.9. The molecule has 2 aromatic heterocycles. The van der Waals surface area contributed by atoms with Crippen LogP contribution in [-0.2, 0) is 4.79 Å². The zero-order valence-corrected chi connectivity index (χ0v) is 18.6. The van der Waals surface area contributed by atoms with Gasteiger partial charge in [0.1, 0.15) is 29.3 Å². The highest BCUT2D eigenvalue weighted by Crippen LogP contribution is 2.34. The molecule has 34 heavy (non-hydrogen) atoms. The van der Waals surface area contributed by atoms with Crippen molar-refractivity contribution in [3.05, 3.63) is 60.9 Å². The predicted molar refractivity (Wildman–Crippen MR) is 130 cm³/mol. The number of carbonyl (C=O) groups is 1. The fourth-order valence-corrected chi connectivity index (χ4v) is 4.34. The van der Waals surface area contributed by atoms with Gasteiger partial charge in [-0.05, 0) is 49.2 Å². The minimum atomic E-state index is -0.0352. The molecule has 0 bridgehead atoms. The molecule has 1 atom stereocenters. The summed E-state index contributed by atoms with van der Waals surface area (Å²) >= 11 is 0. The smallest absolute Gasteiger partial charge is 0.234 e. The lowest BCUT2D eigenvalue weighted by Gasteiger charge is -2.32. The Kier molecular flexibility index (Phi) is 5.83. The van der Waals surface area contributed by atoms with E-state index in [-0.39, 0.29) is 18.4 Å². The number of hydrogen-bond donors (Lipinski definition) is 1. The number of nitrogens with two attached hydrogens (primary N) is 1. The zero-order valence-electron chi connectivity index (χ0n) is 18.6. The number of rotatable bonds is 5. The van der Waals surface area contributed by atoms with E-state index >= 15 is 0 Å². The summed E-state index contributed by atoms with van der Waals surface area (Å²) < 4.78 is 7.79. The van der Waals surface area contributed by atoms with Gasteiger partial charge in [0, 0.05) is 18.7 Å². The van der Waals surface area contributed by atoms with E-state index in [0.717, 1.165) is 29.9 Å². The molecule has 5 rings (SSSR count). The Morgan fingerprint density at radius 3 is 2.65 bits per heavy atom. The van der Waals surface area contributed by atoms with Crippen LogP contribution in [0.3, 0.4) is 0 Å². The van der Waals surface area contributed by atoms with Crippen molar-refractivity contribution in [2.45, 2.75) is 25.3 Å². The third kappa shape index (κ3) is 4.16. The van der Waals surface area contributed by atoms with Crippen molar-refractivity contribution in [3.63, 3.8) is 0 Å². The molecule has 2 N–H and O–H groups in total. The van der Waals surface area contributed by atoms with E-state index in [1.807, 2.05) is 64.2 Å². The molecule has 0 radical (unpaired) electrons. The van der Waals surface area contributed by atoms with Crippen LogP contribution in [0.5, 0.6) is 11.5 Å². The van der Waals surface area contributed by atoms with E-state index in [1.54, 1.807) is 0 Å². The van der Waals surface area contributed by atoms with Crippen molar-refractivity contribution in [2.75, 3.05) is 18.8 Å². The Bertz CT molecular complexity index is 1360. The first-order valence-electron chi connectivity index (χ1n) is 11.2. The van der Waals surface area contributed by atoms with E-state index < -0.39 is 0 Å². The number of anilines is 1. The zero-order chi connectivity index (χ0) is 23.5. The maximum absolute atomic E-state index is 12.4. The molecule has 2 aromatic carbocycles. The summed E-state index contributed by atoms with van der Waals surface area (Å²) in [5.41, 5.74) is 8.50. The molecule has 1 fully saturated rings. The van der Waals surface area contributed by atoms with E-state index in [1.165, 1.54) is 6.33 Å². The molecule has 1 unspecified atom stereocenters. The molecule has 0 aliphatic carbocycles. The lowest BCUT2D eigenvalue weighted by atomic mass is 10.1. The highest BCUT2D eigenvalue weighted by Gasteiger charge is 2.28. The van der Waals surface area contributed by atoms with Gasteiger partial charge in [0.05, 0.1) is 17.8 Å². The molecular weight excluding hydrogens is 428 g/mol. The van der Waals surface area contributed by atoms with Crippen LogP contribution in [0.4, 0.5) is 5.82 Å². The summed E-state index contributed by atoms with van der Waals surface area (Å²) in [5.74, 6) is 4.26. The molecule has 8 heteroatoms. The van der Waals surface area contributed by atoms with Gasteiger partial charge < -0.3 is 15.4 Å². The average Bonchev–Trinajstić information content (AvgIpc) is 3.26. The van der Waals surface area contributed by atoms with Crippen molar-refractivity contribution in [1.29, 1.82) is 0 Å². The second-order valence-corrected chi connectivity index (χ2v) is 8.21. The number of carbonyl (C=O) groups excluding carboxylic acids is 1. The second kappa shape index (κ2) is 9.24. The molecule has 8 nitrogen and oxygen atoms in total. The Hall–Kier alpha value is -4.38. The summed E-state index contributed by atoms with van der Waals surface area (Å²) in [7, 11) is 0. The van der Waals surface area contributed by atoms with Crippen LogP contribution in [0.2, 0.25) is 0 Å². The monoisotopic (exact) mass is 452 g/mol. The maximum atomic E-state index is 12.4. The summed E-state index contributed by atoms with van der Waals surface area (Å²) in [6.07, 6.45) is 8.63. The lowest BCUT2D eigenvalue weighted by Crippen LogP contribution is -2.40. The van der Waals surface area contributed by atoms with Crippen LogP contribution in [0.1, 0.15) is 25.3 Å². The van der Waals surface area contributed by atoms with Crippen LogP contribution < -0.4 is 10.5 Å².